The number of rotatable bonds is 4. The molecule has 5 heteroatoms. The van der Waals surface area contributed by atoms with Crippen molar-refractivity contribution in [2.75, 3.05) is 33.2 Å². The number of nitrogens with zero attached hydrogens (tertiary/aromatic N) is 4. The smallest absolute Gasteiger partial charge is 0.0798 e. The van der Waals surface area contributed by atoms with E-state index in [2.05, 4.69) is 58.0 Å². The van der Waals surface area contributed by atoms with E-state index in [-0.39, 0.29) is 0 Å². The van der Waals surface area contributed by atoms with E-state index in [1.807, 2.05) is 17.8 Å². The Morgan fingerprint density at radius 1 is 1.12 bits per heavy atom. The number of pyridine rings is 1. The van der Waals surface area contributed by atoms with Crippen molar-refractivity contribution in [1.82, 2.24) is 19.8 Å². The van der Waals surface area contributed by atoms with Crippen LogP contribution >= 0.6 is 11.3 Å². The van der Waals surface area contributed by atoms with Gasteiger partial charge in [-0.15, -0.1) is 11.3 Å². The van der Waals surface area contributed by atoms with E-state index < -0.39 is 0 Å². The van der Waals surface area contributed by atoms with Gasteiger partial charge in [0.15, 0.2) is 0 Å². The van der Waals surface area contributed by atoms with Crippen molar-refractivity contribution in [3.05, 3.63) is 58.2 Å². The Morgan fingerprint density at radius 3 is 2.88 bits per heavy atom. The Bertz CT molecular complexity index is 870. The molecule has 1 atom stereocenters. The third-order valence-corrected chi connectivity index (χ3v) is 6.26. The summed E-state index contributed by atoms with van der Waals surface area (Å²) < 4.78 is 0. The highest BCUT2D eigenvalue weighted by Crippen LogP contribution is 2.23. The summed E-state index contributed by atoms with van der Waals surface area (Å²) in [4.78, 5) is 15.4. The predicted octanol–water partition coefficient (Wildman–Crippen LogP) is 3.61. The molecule has 0 aliphatic carbocycles. The van der Waals surface area contributed by atoms with Gasteiger partial charge in [-0.3, -0.25) is 9.88 Å². The molecule has 3 heterocycles. The molecule has 4 nitrogen and oxygen atoms in total. The summed E-state index contributed by atoms with van der Waals surface area (Å²) in [5.74, 6) is 0.626. The summed E-state index contributed by atoms with van der Waals surface area (Å²) in [5.41, 5.74) is 5.67. The van der Waals surface area contributed by atoms with E-state index in [0.717, 1.165) is 44.7 Å². The molecule has 2 aromatic heterocycles. The van der Waals surface area contributed by atoms with Gasteiger partial charge in [0.2, 0.25) is 0 Å². The first kappa shape index (κ1) is 17.6. The number of aryl methyl sites for hydroxylation is 1. The molecule has 136 valence electrons. The van der Waals surface area contributed by atoms with Crippen LogP contribution in [0.15, 0.2) is 42.0 Å². The summed E-state index contributed by atoms with van der Waals surface area (Å²) in [7, 11) is 2.25. The molecule has 1 fully saturated rings. The molecule has 0 bridgehead atoms. The lowest BCUT2D eigenvalue weighted by atomic mass is 9.95. The van der Waals surface area contributed by atoms with E-state index in [1.165, 1.54) is 21.5 Å². The lowest BCUT2D eigenvalue weighted by Gasteiger charge is -2.24. The average Bonchev–Trinajstić information content (AvgIpc) is 2.95. The van der Waals surface area contributed by atoms with Crippen molar-refractivity contribution in [1.29, 1.82) is 0 Å². The number of hydrogen-bond acceptors (Lipinski definition) is 5. The average molecular weight is 367 g/mol. The summed E-state index contributed by atoms with van der Waals surface area (Å²) in [6, 6.07) is 10.8. The quantitative estimate of drug-likeness (QED) is 0.706. The second kappa shape index (κ2) is 7.82. The van der Waals surface area contributed by atoms with Crippen LogP contribution in [-0.4, -0.2) is 53.0 Å². The van der Waals surface area contributed by atoms with Crippen LogP contribution in [-0.2, 0) is 13.0 Å². The third-order valence-electron chi connectivity index (χ3n) is 5.34. The standard InChI is InChI=1S/C21H26N4S/c1-16-21(26-15-23-16)14-25-10-9-24(2)12-17(13-25)11-18-5-3-7-20-19(18)6-4-8-22-20/h3-8,15,17H,9-14H2,1-2H3. The third kappa shape index (κ3) is 3.95. The highest BCUT2D eigenvalue weighted by Gasteiger charge is 2.22. The number of hydrogen-bond donors (Lipinski definition) is 0. The van der Waals surface area contributed by atoms with Crippen LogP contribution in [0.4, 0.5) is 0 Å². The van der Waals surface area contributed by atoms with Crippen LogP contribution in [0.5, 0.6) is 0 Å². The first-order valence-corrected chi connectivity index (χ1v) is 10.2. The normalized spacial score (nSPS) is 19.7. The number of thiazole rings is 1. The van der Waals surface area contributed by atoms with Gasteiger partial charge in [0, 0.05) is 49.2 Å². The van der Waals surface area contributed by atoms with Crippen molar-refractivity contribution < 1.29 is 0 Å². The largest absolute Gasteiger partial charge is 0.305 e. The Hall–Kier alpha value is -1.82. The van der Waals surface area contributed by atoms with Crippen molar-refractivity contribution in [3.63, 3.8) is 0 Å². The van der Waals surface area contributed by atoms with E-state index in [1.54, 1.807) is 11.3 Å². The van der Waals surface area contributed by atoms with Gasteiger partial charge in [0.1, 0.15) is 0 Å². The minimum atomic E-state index is 0.626. The van der Waals surface area contributed by atoms with Crippen LogP contribution < -0.4 is 0 Å². The van der Waals surface area contributed by atoms with Crippen molar-refractivity contribution in [2.24, 2.45) is 5.92 Å². The molecule has 1 aliphatic heterocycles. The predicted molar refractivity (Wildman–Crippen MR) is 109 cm³/mol. The van der Waals surface area contributed by atoms with Crippen LogP contribution in [0.1, 0.15) is 16.1 Å². The summed E-state index contributed by atoms with van der Waals surface area (Å²) >= 11 is 1.78. The van der Waals surface area contributed by atoms with Crippen LogP contribution in [0, 0.1) is 12.8 Å². The molecule has 1 aliphatic rings. The molecule has 1 unspecified atom stereocenters. The van der Waals surface area contributed by atoms with Gasteiger partial charge in [0.05, 0.1) is 16.7 Å². The second-order valence-corrected chi connectivity index (χ2v) is 8.35. The Labute approximate surface area is 159 Å². The Balaban J connectivity index is 1.53. The fourth-order valence-electron chi connectivity index (χ4n) is 3.97. The summed E-state index contributed by atoms with van der Waals surface area (Å²) in [6.45, 7) is 7.69. The molecule has 0 saturated carbocycles. The molecule has 1 saturated heterocycles. The Morgan fingerprint density at radius 2 is 2.04 bits per heavy atom. The minimum absolute atomic E-state index is 0.626. The molecule has 0 radical (unpaired) electrons. The maximum Gasteiger partial charge on any atom is 0.0798 e. The first-order valence-electron chi connectivity index (χ1n) is 9.31. The fraction of sp³-hybridized carbons (Fsp3) is 0.429. The number of likely N-dealkylation sites (N-methyl/N-ethyl adjacent to an activating group) is 1. The van der Waals surface area contributed by atoms with Gasteiger partial charge in [0.25, 0.3) is 0 Å². The number of aromatic nitrogens is 2. The zero-order chi connectivity index (χ0) is 17.9. The monoisotopic (exact) mass is 366 g/mol. The van der Waals surface area contributed by atoms with Crippen LogP contribution in [0.3, 0.4) is 0 Å². The van der Waals surface area contributed by atoms with E-state index in [4.69, 9.17) is 0 Å². The van der Waals surface area contributed by atoms with Gasteiger partial charge >= 0.3 is 0 Å². The molecular weight excluding hydrogens is 340 g/mol. The van der Waals surface area contributed by atoms with Gasteiger partial charge in [-0.25, -0.2) is 4.98 Å². The maximum absolute atomic E-state index is 4.52. The number of fused-ring (bicyclic) bond motifs is 1. The summed E-state index contributed by atoms with van der Waals surface area (Å²) in [6.07, 6.45) is 2.98. The van der Waals surface area contributed by atoms with Crippen LogP contribution in [0.2, 0.25) is 0 Å². The van der Waals surface area contributed by atoms with Crippen LogP contribution in [0.25, 0.3) is 10.9 Å². The molecule has 3 aromatic rings. The van der Waals surface area contributed by atoms with Gasteiger partial charge in [-0.1, -0.05) is 18.2 Å². The minimum Gasteiger partial charge on any atom is -0.305 e. The highest BCUT2D eigenvalue weighted by atomic mass is 32.1. The maximum atomic E-state index is 4.52. The second-order valence-electron chi connectivity index (χ2n) is 7.42. The molecule has 0 amide bonds. The molecule has 1 aromatic carbocycles. The lowest BCUT2D eigenvalue weighted by Crippen LogP contribution is -2.30. The molecule has 4 rings (SSSR count). The summed E-state index contributed by atoms with van der Waals surface area (Å²) in [5, 5.41) is 1.30. The molecule has 0 spiro atoms. The molecular formula is C21H26N4S. The fourth-order valence-corrected chi connectivity index (χ4v) is 4.79. The Kier molecular flexibility index (Phi) is 5.29. The zero-order valence-corrected chi connectivity index (χ0v) is 16.4. The molecule has 26 heavy (non-hydrogen) atoms. The lowest BCUT2D eigenvalue weighted by molar-refractivity contribution is 0.250. The van der Waals surface area contributed by atoms with Crippen molar-refractivity contribution >= 4 is 22.2 Å². The van der Waals surface area contributed by atoms with Crippen molar-refractivity contribution in [3.8, 4) is 0 Å². The van der Waals surface area contributed by atoms with Gasteiger partial charge < -0.3 is 4.90 Å². The highest BCUT2D eigenvalue weighted by molar-refractivity contribution is 7.09. The van der Waals surface area contributed by atoms with E-state index >= 15 is 0 Å². The topological polar surface area (TPSA) is 32.3 Å². The van der Waals surface area contributed by atoms with Gasteiger partial charge in [-0.2, -0.15) is 0 Å². The zero-order valence-electron chi connectivity index (χ0n) is 15.6. The first-order chi connectivity index (χ1) is 12.7. The van der Waals surface area contributed by atoms with Crippen molar-refractivity contribution in [2.45, 2.75) is 19.9 Å². The van der Waals surface area contributed by atoms with E-state index in [9.17, 15) is 0 Å². The van der Waals surface area contributed by atoms with Gasteiger partial charge in [-0.05, 0) is 44.0 Å². The SMILES string of the molecule is Cc1ncsc1CN1CCN(C)CC(Cc2cccc3ncccc23)C1. The molecule has 0 N–H and O–H groups in total. The number of benzene rings is 1. The van der Waals surface area contributed by atoms with E-state index in [0.29, 0.717) is 5.92 Å².